The summed E-state index contributed by atoms with van der Waals surface area (Å²) in [5, 5.41) is 15.9. The van der Waals surface area contributed by atoms with Gasteiger partial charge in [0.1, 0.15) is 5.84 Å². The molecule has 0 radical (unpaired) electrons. The predicted molar refractivity (Wildman–Crippen MR) is 87.0 cm³/mol. The SMILES string of the molecule is Cc1ccc(NC(CC(N)=NO)c2ccccc2)c(Cl)c1. The number of hydrogen-bond acceptors (Lipinski definition) is 3. The average Bonchev–Trinajstić information content (AvgIpc) is 2.49. The fraction of sp³-hybridized carbons (Fsp3) is 0.188. The van der Waals surface area contributed by atoms with E-state index in [4.69, 9.17) is 22.5 Å². The van der Waals surface area contributed by atoms with Gasteiger partial charge in [0.05, 0.1) is 16.8 Å². The lowest BCUT2D eigenvalue weighted by atomic mass is 10.0. The van der Waals surface area contributed by atoms with Crippen LogP contribution in [0.25, 0.3) is 0 Å². The van der Waals surface area contributed by atoms with Crippen LogP contribution in [-0.2, 0) is 0 Å². The molecule has 2 aromatic carbocycles. The van der Waals surface area contributed by atoms with Crippen LogP contribution in [0.5, 0.6) is 0 Å². The Kier molecular flexibility index (Phi) is 5.06. The Morgan fingerprint density at radius 1 is 1.29 bits per heavy atom. The molecule has 0 aliphatic heterocycles. The largest absolute Gasteiger partial charge is 0.409 e. The molecule has 0 aliphatic carbocycles. The highest BCUT2D eigenvalue weighted by Gasteiger charge is 2.15. The van der Waals surface area contributed by atoms with Crippen LogP contribution in [0.1, 0.15) is 23.6 Å². The van der Waals surface area contributed by atoms with E-state index < -0.39 is 0 Å². The van der Waals surface area contributed by atoms with Crippen molar-refractivity contribution >= 4 is 23.1 Å². The van der Waals surface area contributed by atoms with Crippen LogP contribution >= 0.6 is 11.6 Å². The lowest BCUT2D eigenvalue weighted by Crippen LogP contribution is -2.21. The molecule has 1 unspecified atom stereocenters. The monoisotopic (exact) mass is 303 g/mol. The zero-order valence-electron chi connectivity index (χ0n) is 11.8. The molecule has 0 bridgehead atoms. The van der Waals surface area contributed by atoms with E-state index in [0.29, 0.717) is 11.4 Å². The van der Waals surface area contributed by atoms with E-state index in [1.807, 2.05) is 55.5 Å². The van der Waals surface area contributed by atoms with Gasteiger partial charge in [-0.05, 0) is 30.2 Å². The maximum Gasteiger partial charge on any atom is 0.141 e. The molecule has 2 aromatic rings. The molecule has 0 saturated heterocycles. The number of benzene rings is 2. The second-order valence-corrected chi connectivity index (χ2v) is 5.29. The quantitative estimate of drug-likeness (QED) is 0.339. The number of amidine groups is 1. The molecule has 0 spiro atoms. The number of nitrogens with one attached hydrogen (secondary N) is 1. The summed E-state index contributed by atoms with van der Waals surface area (Å²) >= 11 is 6.26. The summed E-state index contributed by atoms with van der Waals surface area (Å²) < 4.78 is 0. The fourth-order valence-electron chi connectivity index (χ4n) is 2.11. The Labute approximate surface area is 129 Å². The molecular formula is C16H18ClN3O. The van der Waals surface area contributed by atoms with Crippen molar-refractivity contribution in [2.24, 2.45) is 10.9 Å². The van der Waals surface area contributed by atoms with Crippen molar-refractivity contribution in [1.29, 1.82) is 0 Å². The summed E-state index contributed by atoms with van der Waals surface area (Å²) in [6, 6.07) is 15.5. The van der Waals surface area contributed by atoms with Crippen LogP contribution in [0.3, 0.4) is 0 Å². The molecule has 110 valence electrons. The maximum atomic E-state index is 8.80. The van der Waals surface area contributed by atoms with Gasteiger partial charge in [-0.2, -0.15) is 0 Å². The lowest BCUT2D eigenvalue weighted by molar-refractivity contribution is 0.316. The van der Waals surface area contributed by atoms with Gasteiger partial charge in [-0.25, -0.2) is 0 Å². The Hall–Kier alpha value is -2.20. The van der Waals surface area contributed by atoms with E-state index in [0.717, 1.165) is 16.8 Å². The summed E-state index contributed by atoms with van der Waals surface area (Å²) in [5.41, 5.74) is 8.61. The van der Waals surface area contributed by atoms with Gasteiger partial charge in [0.15, 0.2) is 0 Å². The molecule has 0 amide bonds. The number of halogens is 1. The van der Waals surface area contributed by atoms with Crippen LogP contribution in [0.15, 0.2) is 53.7 Å². The molecule has 0 aromatic heterocycles. The molecular weight excluding hydrogens is 286 g/mol. The zero-order chi connectivity index (χ0) is 15.2. The fourth-order valence-corrected chi connectivity index (χ4v) is 2.40. The van der Waals surface area contributed by atoms with E-state index in [-0.39, 0.29) is 11.9 Å². The van der Waals surface area contributed by atoms with Crippen LogP contribution in [-0.4, -0.2) is 11.0 Å². The van der Waals surface area contributed by atoms with E-state index in [1.165, 1.54) is 0 Å². The number of oxime groups is 1. The normalized spacial score (nSPS) is 13.0. The van der Waals surface area contributed by atoms with Gasteiger partial charge in [-0.3, -0.25) is 0 Å². The van der Waals surface area contributed by atoms with E-state index in [2.05, 4.69) is 10.5 Å². The Morgan fingerprint density at radius 2 is 2.00 bits per heavy atom. The first-order chi connectivity index (χ1) is 10.1. The number of aryl methyl sites for hydroxylation is 1. The average molecular weight is 304 g/mol. The first-order valence-electron chi connectivity index (χ1n) is 6.64. The van der Waals surface area contributed by atoms with Crippen molar-refractivity contribution in [2.75, 3.05) is 5.32 Å². The first-order valence-corrected chi connectivity index (χ1v) is 7.02. The molecule has 0 heterocycles. The molecule has 4 N–H and O–H groups in total. The summed E-state index contributed by atoms with van der Waals surface area (Å²) in [4.78, 5) is 0. The van der Waals surface area contributed by atoms with Crippen molar-refractivity contribution in [1.82, 2.24) is 0 Å². The summed E-state index contributed by atoms with van der Waals surface area (Å²) in [7, 11) is 0. The smallest absolute Gasteiger partial charge is 0.141 e. The zero-order valence-corrected chi connectivity index (χ0v) is 12.5. The van der Waals surface area contributed by atoms with Gasteiger partial charge < -0.3 is 16.3 Å². The maximum absolute atomic E-state index is 8.80. The van der Waals surface area contributed by atoms with Crippen molar-refractivity contribution in [2.45, 2.75) is 19.4 Å². The van der Waals surface area contributed by atoms with Crippen molar-refractivity contribution < 1.29 is 5.21 Å². The summed E-state index contributed by atoms with van der Waals surface area (Å²) in [5.74, 6) is 0.166. The van der Waals surface area contributed by atoms with Crippen molar-refractivity contribution in [3.8, 4) is 0 Å². The van der Waals surface area contributed by atoms with Gasteiger partial charge in [0, 0.05) is 6.42 Å². The van der Waals surface area contributed by atoms with Gasteiger partial charge in [0.2, 0.25) is 0 Å². The van der Waals surface area contributed by atoms with E-state index in [1.54, 1.807) is 0 Å². The number of rotatable bonds is 5. The van der Waals surface area contributed by atoms with Crippen LogP contribution in [0.4, 0.5) is 5.69 Å². The first kappa shape index (κ1) is 15.2. The molecule has 4 nitrogen and oxygen atoms in total. The Morgan fingerprint density at radius 3 is 2.62 bits per heavy atom. The third-order valence-corrected chi connectivity index (χ3v) is 3.51. The third kappa shape index (κ3) is 4.13. The van der Waals surface area contributed by atoms with Crippen LogP contribution < -0.4 is 11.1 Å². The molecule has 0 saturated carbocycles. The van der Waals surface area contributed by atoms with Crippen molar-refractivity contribution in [3.63, 3.8) is 0 Å². The van der Waals surface area contributed by atoms with E-state index in [9.17, 15) is 0 Å². The van der Waals surface area contributed by atoms with Crippen molar-refractivity contribution in [3.05, 3.63) is 64.7 Å². The highest BCUT2D eigenvalue weighted by molar-refractivity contribution is 6.33. The highest BCUT2D eigenvalue weighted by atomic mass is 35.5. The standard InChI is InChI=1S/C16H18ClN3O/c1-11-7-8-14(13(17)9-11)19-15(10-16(18)20-21)12-5-3-2-4-6-12/h2-9,15,19,21H,10H2,1H3,(H2,18,20). The number of hydrogen-bond donors (Lipinski definition) is 3. The van der Waals surface area contributed by atoms with Gasteiger partial charge in [-0.15, -0.1) is 0 Å². The van der Waals surface area contributed by atoms with Gasteiger partial charge in [-0.1, -0.05) is 53.2 Å². The summed E-state index contributed by atoms with van der Waals surface area (Å²) in [6.07, 6.45) is 0.380. The minimum absolute atomic E-state index is 0.123. The van der Waals surface area contributed by atoms with Gasteiger partial charge in [0.25, 0.3) is 0 Å². The molecule has 1 atom stereocenters. The molecule has 2 rings (SSSR count). The van der Waals surface area contributed by atoms with Gasteiger partial charge >= 0.3 is 0 Å². The highest BCUT2D eigenvalue weighted by Crippen LogP contribution is 2.28. The summed E-state index contributed by atoms with van der Waals surface area (Å²) in [6.45, 7) is 1.99. The van der Waals surface area contributed by atoms with Crippen LogP contribution in [0.2, 0.25) is 5.02 Å². The Balaban J connectivity index is 2.27. The molecule has 0 aliphatic rings. The third-order valence-electron chi connectivity index (χ3n) is 3.20. The second-order valence-electron chi connectivity index (χ2n) is 4.89. The molecule has 21 heavy (non-hydrogen) atoms. The number of nitrogens with two attached hydrogens (primary N) is 1. The number of anilines is 1. The molecule has 0 fully saturated rings. The topological polar surface area (TPSA) is 70.6 Å². The second kappa shape index (κ2) is 6.99. The lowest BCUT2D eigenvalue weighted by Gasteiger charge is -2.21. The Bertz CT molecular complexity index is 629. The minimum atomic E-state index is -0.123. The number of nitrogens with zero attached hydrogens (tertiary/aromatic N) is 1. The molecule has 5 heteroatoms. The predicted octanol–water partition coefficient (Wildman–Crippen LogP) is 3.94. The van der Waals surface area contributed by atoms with Crippen LogP contribution in [0, 0.1) is 6.92 Å². The van der Waals surface area contributed by atoms with E-state index >= 15 is 0 Å². The minimum Gasteiger partial charge on any atom is -0.409 e.